The van der Waals surface area contributed by atoms with Gasteiger partial charge in [0.25, 0.3) is 0 Å². The maximum atomic E-state index is 9.70. The number of aliphatic hydroxyl groups is 1. The normalized spacial score (nSPS) is 17.8. The van der Waals surface area contributed by atoms with E-state index >= 15 is 0 Å². The largest absolute Gasteiger partial charge is 0.481 e. The van der Waals surface area contributed by atoms with Gasteiger partial charge in [-0.15, -0.1) is 0 Å². The van der Waals surface area contributed by atoms with Crippen molar-refractivity contribution in [1.29, 1.82) is 0 Å². The van der Waals surface area contributed by atoms with E-state index < -0.39 is 5.60 Å². The summed E-state index contributed by atoms with van der Waals surface area (Å²) in [7, 11) is 3.16. The summed E-state index contributed by atoms with van der Waals surface area (Å²) in [6.45, 7) is 3.28. The summed E-state index contributed by atoms with van der Waals surface area (Å²) in [4.78, 5) is 10.5. The highest BCUT2D eigenvalue weighted by Crippen LogP contribution is 2.27. The molecule has 0 bridgehead atoms. The van der Waals surface area contributed by atoms with Gasteiger partial charge in [0.05, 0.1) is 12.7 Å². The summed E-state index contributed by atoms with van der Waals surface area (Å²) in [5.74, 6) is 1.84. The van der Waals surface area contributed by atoms with Crippen LogP contribution in [0.5, 0.6) is 5.88 Å². The molecule has 94 valence electrons. The van der Waals surface area contributed by atoms with Crippen LogP contribution in [0, 0.1) is 0 Å². The fourth-order valence-corrected chi connectivity index (χ4v) is 1.86. The van der Waals surface area contributed by atoms with Gasteiger partial charge < -0.3 is 19.5 Å². The van der Waals surface area contributed by atoms with Gasteiger partial charge in [-0.2, -0.15) is 4.98 Å². The molecule has 17 heavy (non-hydrogen) atoms. The van der Waals surface area contributed by atoms with E-state index in [0.29, 0.717) is 31.4 Å². The first-order valence-corrected chi connectivity index (χ1v) is 5.42. The number of hydrogen-bond acceptors (Lipinski definition) is 6. The van der Waals surface area contributed by atoms with Crippen molar-refractivity contribution in [2.75, 3.05) is 32.2 Å². The van der Waals surface area contributed by atoms with Crippen LogP contribution >= 0.6 is 0 Å². The van der Waals surface area contributed by atoms with E-state index in [4.69, 9.17) is 9.47 Å². The lowest BCUT2D eigenvalue weighted by Crippen LogP contribution is -2.60. The van der Waals surface area contributed by atoms with Crippen LogP contribution in [0.15, 0.2) is 6.07 Å². The van der Waals surface area contributed by atoms with Gasteiger partial charge in [0.1, 0.15) is 12.4 Å². The number of nitrogens with zero attached hydrogens (tertiary/aromatic N) is 3. The first-order chi connectivity index (χ1) is 8.04. The average molecular weight is 239 g/mol. The minimum Gasteiger partial charge on any atom is -0.481 e. The molecule has 0 aliphatic carbocycles. The summed E-state index contributed by atoms with van der Waals surface area (Å²) in [6.07, 6.45) is 0. The van der Waals surface area contributed by atoms with E-state index in [-0.39, 0.29) is 0 Å². The van der Waals surface area contributed by atoms with Crippen LogP contribution < -0.4 is 9.64 Å². The monoisotopic (exact) mass is 239 g/mol. The molecule has 1 aromatic heterocycles. The first kappa shape index (κ1) is 12.1. The number of hydrogen-bond donors (Lipinski definition) is 1. The lowest BCUT2D eigenvalue weighted by atomic mass is 9.97. The SMILES string of the molecule is COCc1nc(OC)cc(N2CC(C)(O)C2)n1. The van der Waals surface area contributed by atoms with Crippen LogP contribution in [0.1, 0.15) is 12.7 Å². The van der Waals surface area contributed by atoms with Crippen LogP contribution in [0.25, 0.3) is 0 Å². The molecule has 1 aliphatic heterocycles. The minimum absolute atomic E-state index is 0.342. The first-order valence-electron chi connectivity index (χ1n) is 5.42. The van der Waals surface area contributed by atoms with Crippen molar-refractivity contribution in [2.24, 2.45) is 0 Å². The fourth-order valence-electron chi connectivity index (χ4n) is 1.86. The van der Waals surface area contributed by atoms with Gasteiger partial charge in [-0.25, -0.2) is 4.98 Å². The van der Waals surface area contributed by atoms with Crippen molar-refractivity contribution in [3.8, 4) is 5.88 Å². The van der Waals surface area contributed by atoms with Crippen LogP contribution in [0.3, 0.4) is 0 Å². The van der Waals surface area contributed by atoms with E-state index in [1.54, 1.807) is 27.2 Å². The van der Waals surface area contributed by atoms with Crippen molar-refractivity contribution in [1.82, 2.24) is 9.97 Å². The Balaban J connectivity index is 2.19. The maximum absolute atomic E-state index is 9.70. The van der Waals surface area contributed by atoms with Gasteiger partial charge in [-0.05, 0) is 6.92 Å². The van der Waals surface area contributed by atoms with E-state index in [1.807, 2.05) is 4.90 Å². The van der Waals surface area contributed by atoms with Crippen molar-refractivity contribution in [3.63, 3.8) is 0 Å². The Morgan fingerprint density at radius 3 is 2.65 bits per heavy atom. The lowest BCUT2D eigenvalue weighted by Gasteiger charge is -2.44. The van der Waals surface area contributed by atoms with Gasteiger partial charge in [-0.3, -0.25) is 0 Å². The second-order valence-electron chi connectivity index (χ2n) is 4.47. The van der Waals surface area contributed by atoms with E-state index in [9.17, 15) is 5.11 Å². The highest BCUT2D eigenvalue weighted by Gasteiger charge is 2.37. The summed E-state index contributed by atoms with van der Waals surface area (Å²) in [5.41, 5.74) is -0.625. The fraction of sp³-hybridized carbons (Fsp3) is 0.636. The highest BCUT2D eigenvalue weighted by molar-refractivity contribution is 5.46. The Bertz CT molecular complexity index is 401. The molecule has 1 aliphatic rings. The van der Waals surface area contributed by atoms with Gasteiger partial charge in [0, 0.05) is 26.3 Å². The second-order valence-corrected chi connectivity index (χ2v) is 4.47. The lowest BCUT2D eigenvalue weighted by molar-refractivity contribution is 0.0304. The Morgan fingerprint density at radius 1 is 1.41 bits per heavy atom. The van der Waals surface area contributed by atoms with E-state index in [1.165, 1.54) is 0 Å². The molecule has 0 radical (unpaired) electrons. The number of aromatic nitrogens is 2. The van der Waals surface area contributed by atoms with Gasteiger partial charge >= 0.3 is 0 Å². The van der Waals surface area contributed by atoms with Gasteiger partial charge in [0.2, 0.25) is 5.88 Å². The quantitative estimate of drug-likeness (QED) is 0.809. The zero-order valence-corrected chi connectivity index (χ0v) is 10.3. The molecule has 0 amide bonds. The molecule has 0 unspecified atom stereocenters. The zero-order chi connectivity index (χ0) is 12.5. The number of anilines is 1. The summed E-state index contributed by atoms with van der Waals surface area (Å²) < 4.78 is 10.1. The third kappa shape index (κ3) is 2.65. The van der Waals surface area contributed by atoms with Gasteiger partial charge in [-0.1, -0.05) is 0 Å². The molecule has 2 rings (SSSR count). The third-order valence-electron chi connectivity index (χ3n) is 2.60. The summed E-state index contributed by atoms with van der Waals surface area (Å²) in [6, 6.07) is 1.76. The molecular formula is C11H17N3O3. The molecule has 6 heteroatoms. The number of rotatable bonds is 4. The van der Waals surface area contributed by atoms with Crippen molar-refractivity contribution < 1.29 is 14.6 Å². The average Bonchev–Trinajstić information content (AvgIpc) is 2.25. The molecule has 0 aromatic carbocycles. The zero-order valence-electron chi connectivity index (χ0n) is 10.3. The molecule has 1 N–H and O–H groups in total. The summed E-state index contributed by atoms with van der Waals surface area (Å²) in [5, 5.41) is 9.70. The molecule has 0 saturated carbocycles. The van der Waals surface area contributed by atoms with E-state index in [2.05, 4.69) is 9.97 Å². The van der Waals surface area contributed by atoms with Crippen LogP contribution in [0.2, 0.25) is 0 Å². The molecule has 1 aromatic rings. The third-order valence-corrected chi connectivity index (χ3v) is 2.60. The molecule has 1 fully saturated rings. The van der Waals surface area contributed by atoms with Crippen LogP contribution in [-0.4, -0.2) is 48.0 Å². The number of ether oxygens (including phenoxy) is 2. The van der Waals surface area contributed by atoms with Crippen LogP contribution in [-0.2, 0) is 11.3 Å². The van der Waals surface area contributed by atoms with Crippen LogP contribution in [0.4, 0.5) is 5.82 Å². The van der Waals surface area contributed by atoms with E-state index in [0.717, 1.165) is 5.82 Å². The smallest absolute Gasteiger partial charge is 0.218 e. The molecular weight excluding hydrogens is 222 g/mol. The topological polar surface area (TPSA) is 67.7 Å². The number of methoxy groups -OCH3 is 2. The van der Waals surface area contributed by atoms with Crippen molar-refractivity contribution in [3.05, 3.63) is 11.9 Å². The Morgan fingerprint density at radius 2 is 2.12 bits per heavy atom. The molecule has 0 spiro atoms. The minimum atomic E-state index is -0.625. The molecule has 6 nitrogen and oxygen atoms in total. The summed E-state index contributed by atoms with van der Waals surface area (Å²) >= 11 is 0. The number of β-amino-alcohol motifs (C(OH)–C–C–N with tert-alkyl or cyclic N) is 1. The second kappa shape index (κ2) is 4.46. The Labute approximate surface area is 100 Å². The molecule has 2 heterocycles. The maximum Gasteiger partial charge on any atom is 0.218 e. The predicted octanol–water partition coefficient (Wildman–Crippen LogP) is 0.203. The molecule has 0 atom stereocenters. The van der Waals surface area contributed by atoms with Crippen molar-refractivity contribution >= 4 is 5.82 Å². The van der Waals surface area contributed by atoms with Gasteiger partial charge in [0.15, 0.2) is 5.82 Å². The Hall–Kier alpha value is -1.40. The van der Waals surface area contributed by atoms with Crippen molar-refractivity contribution in [2.45, 2.75) is 19.1 Å². The predicted molar refractivity (Wildman–Crippen MR) is 62.1 cm³/mol. The highest BCUT2D eigenvalue weighted by atomic mass is 16.5. The molecule has 1 saturated heterocycles. The standard InChI is InChI=1S/C11H17N3O3/c1-11(15)6-14(7-11)9-4-10(17-3)13-8(12-9)5-16-2/h4,15H,5-7H2,1-3H3. The Kier molecular flexibility index (Phi) is 3.17.